The maximum atomic E-state index is 13.1. The first-order valence-corrected chi connectivity index (χ1v) is 11.3. The number of halogens is 1. The van der Waals surface area contributed by atoms with Crippen molar-refractivity contribution < 1.29 is 18.7 Å². The Bertz CT molecular complexity index is 1230. The van der Waals surface area contributed by atoms with Gasteiger partial charge in [0.15, 0.2) is 11.3 Å². The highest BCUT2D eigenvalue weighted by atomic mass is 79.9. The summed E-state index contributed by atoms with van der Waals surface area (Å²) in [6, 6.07) is 9.18. The number of pyridine rings is 1. The summed E-state index contributed by atoms with van der Waals surface area (Å²) in [6.07, 6.45) is 1.87. The van der Waals surface area contributed by atoms with Crippen molar-refractivity contribution in [3.8, 4) is 0 Å². The van der Waals surface area contributed by atoms with E-state index in [1.165, 1.54) is 7.11 Å². The van der Waals surface area contributed by atoms with Crippen LogP contribution < -0.4 is 4.90 Å². The molecular formula is C23H23BrN4O4. The molecule has 32 heavy (non-hydrogen) atoms. The van der Waals surface area contributed by atoms with E-state index in [0.717, 1.165) is 41.8 Å². The smallest absolute Gasteiger partial charge is 0.356 e. The lowest BCUT2D eigenvalue weighted by Crippen LogP contribution is -2.34. The molecule has 2 aromatic heterocycles. The van der Waals surface area contributed by atoms with Crippen molar-refractivity contribution in [3.05, 3.63) is 52.0 Å². The van der Waals surface area contributed by atoms with Crippen LogP contribution in [-0.4, -0.2) is 60.0 Å². The Labute approximate surface area is 193 Å². The number of likely N-dealkylation sites (tertiary alicyclic amines) is 1. The lowest BCUT2D eigenvalue weighted by atomic mass is 9.86. The van der Waals surface area contributed by atoms with Crippen molar-refractivity contribution in [3.63, 3.8) is 0 Å². The Morgan fingerprint density at radius 2 is 1.97 bits per heavy atom. The Morgan fingerprint density at radius 3 is 2.78 bits per heavy atom. The van der Waals surface area contributed by atoms with E-state index in [0.29, 0.717) is 29.9 Å². The first-order chi connectivity index (χ1) is 15.4. The molecule has 4 heterocycles. The van der Waals surface area contributed by atoms with Crippen LogP contribution >= 0.6 is 15.9 Å². The summed E-state index contributed by atoms with van der Waals surface area (Å²) in [4.78, 5) is 37.9. The number of carbonyl (C=O) groups excluding carboxylic acids is 2. The normalized spacial score (nSPS) is 20.5. The molecule has 0 unspecified atom stereocenters. The third-order valence-corrected chi connectivity index (χ3v) is 6.90. The summed E-state index contributed by atoms with van der Waals surface area (Å²) in [7, 11) is 1.35. The van der Waals surface area contributed by atoms with Gasteiger partial charge in [-0.2, -0.15) is 0 Å². The highest BCUT2D eigenvalue weighted by Gasteiger charge is 2.46. The highest BCUT2D eigenvalue weighted by Crippen LogP contribution is 2.41. The van der Waals surface area contributed by atoms with E-state index in [1.54, 1.807) is 6.07 Å². The Balaban J connectivity index is 1.31. The number of benzene rings is 1. The Morgan fingerprint density at radius 1 is 1.16 bits per heavy atom. The van der Waals surface area contributed by atoms with E-state index >= 15 is 0 Å². The minimum atomic E-state index is -0.445. The number of esters is 1. The molecule has 0 radical (unpaired) electrons. The molecule has 3 aromatic rings. The maximum absolute atomic E-state index is 13.1. The monoisotopic (exact) mass is 498 g/mol. The minimum Gasteiger partial charge on any atom is -0.464 e. The number of amides is 1. The van der Waals surface area contributed by atoms with Gasteiger partial charge in [0.25, 0.3) is 5.89 Å². The predicted octanol–water partition coefficient (Wildman–Crippen LogP) is 3.82. The molecule has 1 spiro atoms. The average molecular weight is 499 g/mol. The van der Waals surface area contributed by atoms with Crippen LogP contribution in [0.2, 0.25) is 0 Å². The summed E-state index contributed by atoms with van der Waals surface area (Å²) >= 11 is 3.47. The van der Waals surface area contributed by atoms with Crippen LogP contribution in [0.15, 0.2) is 39.2 Å². The number of hydrogen-bond donors (Lipinski definition) is 0. The van der Waals surface area contributed by atoms with E-state index < -0.39 is 5.97 Å². The topological polar surface area (TPSA) is 88.8 Å². The first kappa shape index (κ1) is 20.9. The molecule has 166 valence electrons. The molecule has 1 amide bonds. The number of oxazole rings is 1. The third kappa shape index (κ3) is 3.64. The van der Waals surface area contributed by atoms with Gasteiger partial charge in [-0.25, -0.2) is 14.8 Å². The molecule has 8 nitrogen and oxygen atoms in total. The third-order valence-electron chi connectivity index (χ3n) is 6.44. The van der Waals surface area contributed by atoms with Gasteiger partial charge in [-0.1, -0.05) is 22.0 Å². The number of fused-ring (bicyclic) bond motifs is 1. The molecule has 2 fully saturated rings. The summed E-state index contributed by atoms with van der Waals surface area (Å²) < 4.78 is 11.5. The predicted molar refractivity (Wildman–Crippen MR) is 122 cm³/mol. The molecule has 5 rings (SSSR count). The van der Waals surface area contributed by atoms with Crippen molar-refractivity contribution >= 4 is 44.7 Å². The zero-order valence-corrected chi connectivity index (χ0v) is 19.5. The fraction of sp³-hybridized carbons (Fsp3) is 0.391. The number of ether oxygens (including phenoxy) is 1. The quantitative estimate of drug-likeness (QED) is 0.507. The van der Waals surface area contributed by atoms with Crippen LogP contribution in [0, 0.1) is 12.3 Å². The number of methoxy groups -OCH3 is 1. The molecule has 2 aliphatic rings. The number of hydrogen-bond acceptors (Lipinski definition) is 7. The van der Waals surface area contributed by atoms with Crippen molar-refractivity contribution in [2.45, 2.75) is 19.8 Å². The van der Waals surface area contributed by atoms with Crippen LogP contribution in [0.1, 0.15) is 39.6 Å². The number of aromatic nitrogens is 2. The van der Waals surface area contributed by atoms with Crippen molar-refractivity contribution in [2.75, 3.05) is 38.2 Å². The van der Waals surface area contributed by atoms with Gasteiger partial charge in [-0.15, -0.1) is 0 Å². The molecule has 2 aliphatic heterocycles. The molecule has 0 N–H and O–H groups in total. The second-order valence-corrected chi connectivity index (χ2v) is 9.53. The zero-order chi connectivity index (χ0) is 22.5. The second-order valence-electron chi connectivity index (χ2n) is 8.61. The van der Waals surface area contributed by atoms with E-state index in [1.807, 2.05) is 36.1 Å². The molecular weight excluding hydrogens is 476 g/mol. The van der Waals surface area contributed by atoms with Crippen molar-refractivity contribution in [2.24, 2.45) is 5.41 Å². The maximum Gasteiger partial charge on any atom is 0.356 e. The molecule has 0 bridgehead atoms. The fourth-order valence-corrected chi connectivity index (χ4v) is 5.33. The standard InChI is InChI=1S/C23H23BrN4O4/c1-14-10-15(24)11-17-19(14)32-20(26-17)21(29)28-9-7-23(13-28)6-8-27(12-23)18-5-3-4-16(25-18)22(30)31-2/h3-5,10-11H,6-9,12-13H2,1-2H3/t23-/m1/s1. The lowest BCUT2D eigenvalue weighted by Gasteiger charge is -2.24. The van der Waals surface area contributed by atoms with Crippen LogP contribution in [0.4, 0.5) is 5.82 Å². The lowest BCUT2D eigenvalue weighted by molar-refractivity contribution is 0.0593. The van der Waals surface area contributed by atoms with Gasteiger partial charge in [0.05, 0.1) is 7.11 Å². The summed E-state index contributed by atoms with van der Waals surface area (Å²) in [5.41, 5.74) is 2.56. The van der Waals surface area contributed by atoms with Gasteiger partial charge >= 0.3 is 11.9 Å². The van der Waals surface area contributed by atoms with Crippen molar-refractivity contribution in [1.82, 2.24) is 14.9 Å². The highest BCUT2D eigenvalue weighted by molar-refractivity contribution is 9.10. The Kier molecular flexibility index (Phi) is 5.16. The number of nitrogens with zero attached hydrogens (tertiary/aromatic N) is 4. The van der Waals surface area contributed by atoms with Crippen molar-refractivity contribution in [1.29, 1.82) is 0 Å². The number of carbonyl (C=O) groups is 2. The van der Waals surface area contributed by atoms with Crippen LogP contribution in [0.5, 0.6) is 0 Å². The van der Waals surface area contributed by atoms with Crippen LogP contribution in [0.3, 0.4) is 0 Å². The zero-order valence-electron chi connectivity index (χ0n) is 17.9. The van der Waals surface area contributed by atoms with Gasteiger partial charge in [-0.05, 0) is 49.6 Å². The first-order valence-electron chi connectivity index (χ1n) is 10.5. The van der Waals surface area contributed by atoms with E-state index in [4.69, 9.17) is 9.15 Å². The molecule has 0 aliphatic carbocycles. The fourth-order valence-electron chi connectivity index (χ4n) is 4.77. The summed E-state index contributed by atoms with van der Waals surface area (Å²) in [5, 5.41) is 0. The van der Waals surface area contributed by atoms with Crippen LogP contribution in [0.25, 0.3) is 11.1 Å². The number of rotatable bonds is 3. The SMILES string of the molecule is COC(=O)c1cccc(N2CC[C@@]3(CCN(C(=O)c4nc5cc(Br)cc(C)c5o4)C3)C2)n1. The Hall–Kier alpha value is -2.94. The minimum absolute atomic E-state index is 0.00354. The molecule has 1 atom stereocenters. The second kappa shape index (κ2) is 7.88. The van der Waals surface area contributed by atoms with E-state index in [9.17, 15) is 9.59 Å². The van der Waals surface area contributed by atoms with Crippen LogP contribution in [-0.2, 0) is 4.74 Å². The summed E-state index contributed by atoms with van der Waals surface area (Å²) in [6.45, 7) is 4.88. The average Bonchev–Trinajstić information content (AvgIpc) is 3.52. The van der Waals surface area contributed by atoms with Gasteiger partial charge in [0, 0.05) is 36.1 Å². The van der Waals surface area contributed by atoms with E-state index in [-0.39, 0.29) is 17.2 Å². The summed E-state index contributed by atoms with van der Waals surface area (Å²) in [5.74, 6) is 0.284. The van der Waals surface area contributed by atoms with Gasteiger partial charge < -0.3 is 19.0 Å². The largest absolute Gasteiger partial charge is 0.464 e. The molecule has 1 aromatic carbocycles. The number of anilines is 1. The van der Waals surface area contributed by atoms with Gasteiger partial charge in [0.2, 0.25) is 0 Å². The molecule has 2 saturated heterocycles. The number of aryl methyl sites for hydroxylation is 1. The van der Waals surface area contributed by atoms with Gasteiger partial charge in [0.1, 0.15) is 11.3 Å². The molecule has 9 heteroatoms. The van der Waals surface area contributed by atoms with Gasteiger partial charge in [-0.3, -0.25) is 4.79 Å². The molecule has 0 saturated carbocycles. The van der Waals surface area contributed by atoms with E-state index in [2.05, 4.69) is 30.8 Å².